The topological polar surface area (TPSA) is 43.4 Å². The Kier molecular flexibility index (Phi) is 8.62. The Labute approximate surface area is 79.5 Å². The van der Waals surface area contributed by atoms with Crippen LogP contribution in [0.4, 0.5) is 0 Å². The van der Waals surface area contributed by atoms with Gasteiger partial charge in [0, 0.05) is 12.8 Å². The van der Waals surface area contributed by atoms with Crippen molar-refractivity contribution in [3.8, 4) is 0 Å². The highest BCUT2D eigenvalue weighted by Gasteiger charge is 2.04. The van der Waals surface area contributed by atoms with Gasteiger partial charge in [-0.25, -0.2) is 0 Å². The van der Waals surface area contributed by atoms with Crippen molar-refractivity contribution in [2.45, 2.75) is 45.4 Å². The molecule has 0 saturated heterocycles. The summed E-state index contributed by atoms with van der Waals surface area (Å²) in [6.07, 6.45) is 6.51. The second-order valence-corrected chi connectivity index (χ2v) is 3.00. The molecular formula is C10H18O3. The third-order valence-electron chi connectivity index (χ3n) is 1.90. The van der Waals surface area contributed by atoms with Gasteiger partial charge < -0.3 is 4.74 Å². The maximum atomic E-state index is 10.7. The van der Waals surface area contributed by atoms with Crippen LogP contribution in [0.25, 0.3) is 0 Å². The third kappa shape index (κ3) is 9.05. The quantitative estimate of drug-likeness (QED) is 0.490. The van der Waals surface area contributed by atoms with Crippen LogP contribution in [0.5, 0.6) is 0 Å². The molecule has 0 radical (unpaired) electrons. The zero-order valence-electron chi connectivity index (χ0n) is 8.25. The van der Waals surface area contributed by atoms with Crippen molar-refractivity contribution in [1.29, 1.82) is 0 Å². The number of carbonyl (C=O) groups is 2. The lowest BCUT2D eigenvalue weighted by atomic mass is 10.2. The highest BCUT2D eigenvalue weighted by molar-refractivity contribution is 5.78. The Morgan fingerprint density at radius 3 is 2.08 bits per heavy atom. The molecule has 0 amide bonds. The largest absolute Gasteiger partial charge is 0.468 e. The highest BCUT2D eigenvalue weighted by Crippen LogP contribution is 2.12. The van der Waals surface area contributed by atoms with Crippen LogP contribution >= 0.6 is 0 Å². The molecule has 0 spiro atoms. The van der Waals surface area contributed by atoms with Crippen molar-refractivity contribution in [3.63, 3.8) is 0 Å². The van der Waals surface area contributed by atoms with Crippen molar-refractivity contribution in [2.24, 2.45) is 0 Å². The summed E-state index contributed by atoms with van der Waals surface area (Å²) in [7, 11) is 0. The molecule has 0 bridgehead atoms. The van der Waals surface area contributed by atoms with E-state index in [0.29, 0.717) is 18.9 Å². The Morgan fingerprint density at radius 2 is 1.77 bits per heavy atom. The molecule has 1 aliphatic rings. The Balaban J connectivity index is 0.000000252. The third-order valence-corrected chi connectivity index (χ3v) is 1.90. The average Bonchev–Trinajstić information content (AvgIpc) is 2.35. The summed E-state index contributed by atoms with van der Waals surface area (Å²) in [5.74, 6) is 0.475. The predicted octanol–water partition coefficient (Wildman–Crippen LogP) is 2.09. The van der Waals surface area contributed by atoms with Crippen LogP contribution in [-0.4, -0.2) is 18.9 Å². The average molecular weight is 186 g/mol. The standard InChI is InChI=1S/C7H12O.C3H6O2/c8-7-5-3-1-2-4-6-7;1-2-5-3-4/h1-6H2;3H,2H2,1H3. The Morgan fingerprint density at radius 1 is 1.23 bits per heavy atom. The summed E-state index contributed by atoms with van der Waals surface area (Å²) in [4.78, 5) is 19.9. The molecule has 0 aromatic heterocycles. The lowest BCUT2D eigenvalue weighted by Crippen LogP contribution is -1.91. The lowest BCUT2D eigenvalue weighted by molar-refractivity contribution is -0.128. The minimum atomic E-state index is 0.431. The molecule has 3 nitrogen and oxygen atoms in total. The van der Waals surface area contributed by atoms with E-state index in [-0.39, 0.29) is 0 Å². The van der Waals surface area contributed by atoms with Crippen molar-refractivity contribution >= 4 is 12.3 Å². The fraction of sp³-hybridized carbons (Fsp3) is 0.800. The van der Waals surface area contributed by atoms with Crippen molar-refractivity contribution in [3.05, 3.63) is 0 Å². The molecule has 76 valence electrons. The lowest BCUT2D eigenvalue weighted by Gasteiger charge is -1.87. The van der Waals surface area contributed by atoms with Crippen molar-refractivity contribution in [1.82, 2.24) is 0 Å². The molecule has 13 heavy (non-hydrogen) atoms. The first kappa shape index (κ1) is 12.1. The second-order valence-electron chi connectivity index (χ2n) is 3.00. The minimum Gasteiger partial charge on any atom is -0.468 e. The van der Waals surface area contributed by atoms with Gasteiger partial charge in [-0.2, -0.15) is 0 Å². The van der Waals surface area contributed by atoms with Gasteiger partial charge >= 0.3 is 0 Å². The smallest absolute Gasteiger partial charge is 0.293 e. The summed E-state index contributed by atoms with van der Waals surface area (Å²) in [5, 5.41) is 0. The van der Waals surface area contributed by atoms with E-state index < -0.39 is 0 Å². The molecule has 3 heteroatoms. The maximum absolute atomic E-state index is 10.7. The molecule has 0 aromatic carbocycles. The van der Waals surface area contributed by atoms with Crippen LogP contribution in [0.3, 0.4) is 0 Å². The SMILES string of the molecule is CCOC=O.O=C1CCCCCC1. The van der Waals surface area contributed by atoms with Gasteiger partial charge in [0.05, 0.1) is 6.61 Å². The van der Waals surface area contributed by atoms with E-state index in [4.69, 9.17) is 0 Å². The summed E-state index contributed by atoms with van der Waals surface area (Å²) >= 11 is 0. The minimum absolute atomic E-state index is 0.431. The first-order valence-corrected chi connectivity index (χ1v) is 4.88. The zero-order valence-corrected chi connectivity index (χ0v) is 8.25. The molecule has 0 atom stereocenters. The molecular weight excluding hydrogens is 168 g/mol. The van der Waals surface area contributed by atoms with E-state index in [9.17, 15) is 9.59 Å². The predicted molar refractivity (Wildman–Crippen MR) is 50.4 cm³/mol. The van der Waals surface area contributed by atoms with Crippen LogP contribution in [0.2, 0.25) is 0 Å². The molecule has 0 unspecified atom stereocenters. The summed E-state index contributed by atoms with van der Waals surface area (Å²) in [6, 6.07) is 0. The first-order chi connectivity index (χ1) is 6.31. The Hall–Kier alpha value is -0.860. The fourth-order valence-corrected chi connectivity index (χ4v) is 1.19. The molecule has 0 heterocycles. The molecule has 0 aromatic rings. The molecule has 0 N–H and O–H groups in total. The number of hydrogen-bond acceptors (Lipinski definition) is 3. The van der Waals surface area contributed by atoms with Crippen LogP contribution in [0, 0.1) is 0 Å². The zero-order chi connectivity index (χ0) is 9.94. The van der Waals surface area contributed by atoms with Gasteiger partial charge in [-0.05, 0) is 19.8 Å². The van der Waals surface area contributed by atoms with Gasteiger partial charge in [0.25, 0.3) is 6.47 Å². The molecule has 1 aliphatic carbocycles. The number of ether oxygens (including phenoxy) is 1. The van der Waals surface area contributed by atoms with Gasteiger partial charge in [-0.1, -0.05) is 12.8 Å². The number of carbonyl (C=O) groups excluding carboxylic acids is 2. The van der Waals surface area contributed by atoms with E-state index >= 15 is 0 Å². The number of ketones is 1. The highest BCUT2D eigenvalue weighted by atomic mass is 16.5. The van der Waals surface area contributed by atoms with Gasteiger partial charge in [0.15, 0.2) is 0 Å². The van der Waals surface area contributed by atoms with E-state index in [2.05, 4.69) is 4.74 Å². The van der Waals surface area contributed by atoms with E-state index in [1.807, 2.05) is 0 Å². The molecule has 0 aliphatic heterocycles. The first-order valence-electron chi connectivity index (χ1n) is 4.88. The molecule has 1 rings (SSSR count). The summed E-state index contributed by atoms with van der Waals surface area (Å²) in [5.41, 5.74) is 0. The van der Waals surface area contributed by atoms with Crippen LogP contribution in [0.15, 0.2) is 0 Å². The summed E-state index contributed by atoms with van der Waals surface area (Å²) in [6.45, 7) is 2.66. The van der Waals surface area contributed by atoms with Crippen LogP contribution in [0.1, 0.15) is 45.4 Å². The fourth-order valence-electron chi connectivity index (χ4n) is 1.19. The normalized spacial score (nSPS) is 16.5. The van der Waals surface area contributed by atoms with Gasteiger partial charge in [-0.3, -0.25) is 9.59 Å². The van der Waals surface area contributed by atoms with Crippen molar-refractivity contribution in [2.75, 3.05) is 6.61 Å². The van der Waals surface area contributed by atoms with Crippen molar-refractivity contribution < 1.29 is 14.3 Å². The number of Topliss-reactive ketones (excluding diaryl/α,β-unsaturated/α-hetero) is 1. The van der Waals surface area contributed by atoms with Gasteiger partial charge in [0.1, 0.15) is 5.78 Å². The van der Waals surface area contributed by atoms with Gasteiger partial charge in [0.2, 0.25) is 0 Å². The maximum Gasteiger partial charge on any atom is 0.293 e. The van der Waals surface area contributed by atoms with E-state index in [1.165, 1.54) is 12.8 Å². The van der Waals surface area contributed by atoms with E-state index in [1.54, 1.807) is 6.92 Å². The number of hydrogen-bond donors (Lipinski definition) is 0. The second kappa shape index (κ2) is 9.23. The Bertz CT molecular complexity index is 133. The van der Waals surface area contributed by atoms with Crippen LogP contribution in [-0.2, 0) is 14.3 Å². The monoisotopic (exact) mass is 186 g/mol. The number of rotatable bonds is 2. The van der Waals surface area contributed by atoms with Gasteiger partial charge in [-0.15, -0.1) is 0 Å². The summed E-state index contributed by atoms with van der Waals surface area (Å²) < 4.78 is 4.15. The molecule has 1 saturated carbocycles. The van der Waals surface area contributed by atoms with Crippen LogP contribution < -0.4 is 0 Å². The molecule has 1 fully saturated rings. The van der Waals surface area contributed by atoms with E-state index in [0.717, 1.165) is 25.7 Å².